The minimum absolute atomic E-state index is 0.297. The molecule has 1 fully saturated rings. The lowest BCUT2D eigenvalue weighted by Gasteiger charge is -2.31. The van der Waals surface area contributed by atoms with Crippen molar-refractivity contribution in [3.63, 3.8) is 0 Å². The first-order valence-corrected chi connectivity index (χ1v) is 6.17. The Morgan fingerprint density at radius 3 is 2.89 bits per heavy atom. The number of nitrogens with two attached hydrogens (primary N) is 1. The van der Waals surface area contributed by atoms with Crippen molar-refractivity contribution < 1.29 is 14.6 Å². The molecule has 0 saturated carbocycles. The highest BCUT2D eigenvalue weighted by atomic mass is 35.5. The molecule has 7 heteroatoms. The number of carbonyl (C=O) groups is 1. The van der Waals surface area contributed by atoms with E-state index in [1.54, 1.807) is 32.0 Å². The lowest BCUT2D eigenvalue weighted by atomic mass is 10.1. The molecule has 0 radical (unpaired) electrons. The molecule has 0 unspecified atom stereocenters. The Hall–Kier alpha value is -1.50. The van der Waals surface area contributed by atoms with Gasteiger partial charge in [0, 0.05) is 0 Å². The zero-order valence-electron chi connectivity index (χ0n) is 10.7. The number of rotatable bonds is 2. The third kappa shape index (κ3) is 2.47. The molecular formula is C12H16ClN3O3. The molecule has 2 rings (SSSR count). The standard InChI is InChI=1S/C12H16ClN3O3/c1-12(2)16(11(17)18)10(6-19-12)7-3-4-8(13)9(5-7)15-14/h3-5,10,15H,6,14H2,1-2H3,(H,17,18)/t10-/m1/s1. The zero-order chi connectivity index (χ0) is 14.2. The Balaban J connectivity index is 2.39. The average molecular weight is 286 g/mol. The van der Waals surface area contributed by atoms with E-state index in [-0.39, 0.29) is 6.04 Å². The number of carboxylic acid groups (broad SMARTS) is 1. The highest BCUT2D eigenvalue weighted by Gasteiger charge is 2.44. The van der Waals surface area contributed by atoms with Crippen LogP contribution in [0.5, 0.6) is 0 Å². The predicted octanol–water partition coefficient (Wildman–Crippen LogP) is 2.41. The number of ether oxygens (including phenoxy) is 1. The monoisotopic (exact) mass is 285 g/mol. The lowest BCUT2D eigenvalue weighted by molar-refractivity contribution is -0.0420. The third-order valence-electron chi connectivity index (χ3n) is 3.22. The van der Waals surface area contributed by atoms with Gasteiger partial charge in [-0.25, -0.2) is 4.79 Å². The molecule has 0 spiro atoms. The molecule has 19 heavy (non-hydrogen) atoms. The summed E-state index contributed by atoms with van der Waals surface area (Å²) in [5.41, 5.74) is 2.96. The molecule has 1 aromatic carbocycles. The highest BCUT2D eigenvalue weighted by Crippen LogP contribution is 2.38. The second-order valence-corrected chi connectivity index (χ2v) is 5.22. The summed E-state index contributed by atoms with van der Waals surface area (Å²) in [6.45, 7) is 3.74. The van der Waals surface area contributed by atoms with Gasteiger partial charge in [0.05, 0.1) is 23.4 Å². The molecule has 0 aliphatic carbocycles. The van der Waals surface area contributed by atoms with Gasteiger partial charge in [-0.2, -0.15) is 0 Å². The molecule has 1 amide bonds. The number of nitrogens with one attached hydrogen (secondary N) is 1. The molecule has 1 heterocycles. The second kappa shape index (κ2) is 4.88. The molecule has 104 valence electrons. The van der Waals surface area contributed by atoms with Crippen LogP contribution in [0.15, 0.2) is 18.2 Å². The van der Waals surface area contributed by atoms with E-state index in [1.807, 2.05) is 0 Å². The van der Waals surface area contributed by atoms with Crippen molar-refractivity contribution in [2.75, 3.05) is 12.0 Å². The van der Waals surface area contributed by atoms with Gasteiger partial charge in [-0.05, 0) is 31.5 Å². The van der Waals surface area contributed by atoms with Crippen LogP contribution in [-0.4, -0.2) is 28.4 Å². The largest absolute Gasteiger partial charge is 0.465 e. The number of halogens is 1. The van der Waals surface area contributed by atoms with E-state index in [2.05, 4.69) is 5.43 Å². The van der Waals surface area contributed by atoms with Gasteiger partial charge < -0.3 is 15.3 Å². The fourth-order valence-electron chi connectivity index (χ4n) is 2.27. The number of anilines is 1. The normalized spacial score (nSPS) is 21.5. The van der Waals surface area contributed by atoms with E-state index in [1.165, 1.54) is 4.90 Å². The summed E-state index contributed by atoms with van der Waals surface area (Å²) in [7, 11) is 0. The van der Waals surface area contributed by atoms with Crippen molar-refractivity contribution in [2.45, 2.75) is 25.6 Å². The van der Waals surface area contributed by atoms with Crippen LogP contribution >= 0.6 is 11.6 Å². The zero-order valence-corrected chi connectivity index (χ0v) is 11.4. The van der Waals surface area contributed by atoms with Crippen molar-refractivity contribution in [3.8, 4) is 0 Å². The fourth-order valence-corrected chi connectivity index (χ4v) is 2.44. The van der Waals surface area contributed by atoms with Crippen molar-refractivity contribution in [1.29, 1.82) is 0 Å². The van der Waals surface area contributed by atoms with Crippen LogP contribution in [-0.2, 0) is 4.74 Å². The number of amides is 1. The van der Waals surface area contributed by atoms with E-state index in [0.717, 1.165) is 5.56 Å². The maximum absolute atomic E-state index is 11.4. The molecule has 6 nitrogen and oxygen atoms in total. The number of hydrazine groups is 1. The van der Waals surface area contributed by atoms with Gasteiger partial charge in [-0.3, -0.25) is 10.7 Å². The van der Waals surface area contributed by atoms with Gasteiger partial charge in [-0.1, -0.05) is 17.7 Å². The Bertz CT molecular complexity index is 507. The quantitative estimate of drug-likeness (QED) is 0.574. The molecular weight excluding hydrogens is 270 g/mol. The summed E-state index contributed by atoms with van der Waals surface area (Å²) in [5.74, 6) is 5.37. The van der Waals surface area contributed by atoms with Crippen LogP contribution in [0.25, 0.3) is 0 Å². The Kier molecular flexibility index (Phi) is 3.58. The van der Waals surface area contributed by atoms with E-state index >= 15 is 0 Å². The minimum Gasteiger partial charge on any atom is -0.465 e. The van der Waals surface area contributed by atoms with E-state index in [0.29, 0.717) is 17.3 Å². The van der Waals surface area contributed by atoms with Crippen molar-refractivity contribution in [1.82, 2.24) is 4.90 Å². The summed E-state index contributed by atoms with van der Waals surface area (Å²) in [6, 6.07) is 4.80. The second-order valence-electron chi connectivity index (χ2n) is 4.81. The number of nitrogens with zero attached hydrogens (tertiary/aromatic N) is 1. The van der Waals surface area contributed by atoms with Crippen molar-refractivity contribution in [3.05, 3.63) is 28.8 Å². The van der Waals surface area contributed by atoms with Crippen LogP contribution in [0.1, 0.15) is 25.5 Å². The van der Waals surface area contributed by atoms with Gasteiger partial charge in [-0.15, -0.1) is 0 Å². The summed E-state index contributed by atoms with van der Waals surface area (Å²) < 4.78 is 5.55. The van der Waals surface area contributed by atoms with Gasteiger partial charge in [0.15, 0.2) is 0 Å². The maximum Gasteiger partial charge on any atom is 0.410 e. The van der Waals surface area contributed by atoms with Gasteiger partial charge in [0.2, 0.25) is 0 Å². The van der Waals surface area contributed by atoms with Crippen LogP contribution in [0.3, 0.4) is 0 Å². The van der Waals surface area contributed by atoms with Crippen LogP contribution < -0.4 is 11.3 Å². The molecule has 1 aromatic rings. The van der Waals surface area contributed by atoms with Gasteiger partial charge >= 0.3 is 6.09 Å². The summed E-state index contributed by atoms with van der Waals surface area (Å²) >= 11 is 5.95. The third-order valence-corrected chi connectivity index (χ3v) is 3.55. The molecule has 0 bridgehead atoms. The van der Waals surface area contributed by atoms with Crippen molar-refractivity contribution in [2.24, 2.45) is 5.84 Å². The first kappa shape index (κ1) is 13.9. The first-order chi connectivity index (χ1) is 8.86. The molecule has 1 atom stereocenters. The Morgan fingerprint density at radius 1 is 1.63 bits per heavy atom. The first-order valence-electron chi connectivity index (χ1n) is 5.79. The van der Waals surface area contributed by atoms with E-state index < -0.39 is 11.8 Å². The smallest absolute Gasteiger partial charge is 0.410 e. The molecule has 1 saturated heterocycles. The Labute approximate surface area is 116 Å². The summed E-state index contributed by atoms with van der Waals surface area (Å²) in [4.78, 5) is 12.7. The lowest BCUT2D eigenvalue weighted by Crippen LogP contribution is -2.44. The minimum atomic E-state index is -1.02. The summed E-state index contributed by atoms with van der Waals surface area (Å²) in [6.07, 6.45) is -1.02. The number of nitrogen functional groups attached to an aromatic ring is 1. The number of hydrogen-bond acceptors (Lipinski definition) is 4. The highest BCUT2D eigenvalue weighted by molar-refractivity contribution is 6.33. The maximum atomic E-state index is 11.4. The molecule has 1 aliphatic rings. The predicted molar refractivity (Wildman–Crippen MR) is 71.9 cm³/mol. The number of benzene rings is 1. The van der Waals surface area contributed by atoms with Gasteiger partial charge in [0.25, 0.3) is 0 Å². The van der Waals surface area contributed by atoms with Crippen LogP contribution in [0.2, 0.25) is 5.02 Å². The van der Waals surface area contributed by atoms with E-state index in [4.69, 9.17) is 22.2 Å². The van der Waals surface area contributed by atoms with E-state index in [9.17, 15) is 9.90 Å². The van der Waals surface area contributed by atoms with Gasteiger partial charge in [0.1, 0.15) is 5.72 Å². The molecule has 4 N–H and O–H groups in total. The average Bonchev–Trinajstić information content (AvgIpc) is 2.65. The SMILES string of the molecule is CC1(C)OC[C@H](c2ccc(Cl)c(NN)c2)N1C(=O)O. The fraction of sp³-hybridized carbons (Fsp3) is 0.417. The molecule has 0 aromatic heterocycles. The Morgan fingerprint density at radius 2 is 2.32 bits per heavy atom. The molecule has 1 aliphatic heterocycles. The summed E-state index contributed by atoms with van der Waals surface area (Å²) in [5, 5.41) is 9.82. The number of hydrogen-bond donors (Lipinski definition) is 3. The van der Waals surface area contributed by atoms with Crippen molar-refractivity contribution >= 4 is 23.4 Å². The van der Waals surface area contributed by atoms with Crippen LogP contribution in [0.4, 0.5) is 10.5 Å². The topological polar surface area (TPSA) is 87.8 Å². The van der Waals surface area contributed by atoms with Crippen LogP contribution in [0, 0.1) is 0 Å².